The molecule has 0 aromatic heterocycles. The van der Waals surface area contributed by atoms with Crippen LogP contribution < -0.4 is 14.5 Å². The van der Waals surface area contributed by atoms with E-state index in [-0.39, 0.29) is 17.6 Å². The fourth-order valence-corrected chi connectivity index (χ4v) is 6.93. The Bertz CT molecular complexity index is 1410. The summed E-state index contributed by atoms with van der Waals surface area (Å²) < 4.78 is 5.94. The average molecular weight is 483 g/mol. The van der Waals surface area contributed by atoms with Crippen molar-refractivity contribution in [1.82, 2.24) is 0 Å². The topological polar surface area (TPSA) is 49.9 Å². The Morgan fingerprint density at radius 3 is 2.29 bits per heavy atom. The Labute approximate surface area is 209 Å². The summed E-state index contributed by atoms with van der Waals surface area (Å²) in [5.74, 6) is 1.53. The third-order valence-corrected chi connectivity index (χ3v) is 8.34. The molecule has 0 N–H and O–H groups in total. The quantitative estimate of drug-likeness (QED) is 0.442. The van der Waals surface area contributed by atoms with Gasteiger partial charge < -0.3 is 4.74 Å². The summed E-state index contributed by atoms with van der Waals surface area (Å²) in [4.78, 5) is 30.2. The monoisotopic (exact) mass is 482 g/mol. The van der Waals surface area contributed by atoms with E-state index in [0.717, 1.165) is 33.7 Å². The second-order valence-corrected chi connectivity index (χ2v) is 11.1. The van der Waals surface area contributed by atoms with Crippen LogP contribution in [0.15, 0.2) is 72.8 Å². The number of thioether (sulfide) groups is 1. The Hall–Kier alpha value is -3.51. The van der Waals surface area contributed by atoms with Crippen LogP contribution in [0.5, 0.6) is 11.5 Å². The van der Waals surface area contributed by atoms with Crippen LogP contribution in [0.25, 0.3) is 5.57 Å². The van der Waals surface area contributed by atoms with E-state index in [1.54, 1.807) is 4.90 Å². The second-order valence-electron chi connectivity index (χ2n) is 9.90. The number of anilines is 2. The number of ether oxygens (including phenoxy) is 1. The number of nitrogens with zero attached hydrogens (tertiary/aromatic N) is 2. The van der Waals surface area contributed by atoms with Crippen molar-refractivity contribution in [1.29, 1.82) is 0 Å². The summed E-state index contributed by atoms with van der Waals surface area (Å²) in [6, 6.07) is 21.2. The molecule has 0 radical (unpaired) electrons. The van der Waals surface area contributed by atoms with Crippen molar-refractivity contribution < 1.29 is 14.3 Å². The second kappa shape index (κ2) is 7.49. The SMILES string of the molecule is CC1=CC(C)(C)N2C(=O)C3(SCC(=O)N3c3ccc(Oc4ccccc4)cc3)c3cc(C)cc1c32. The maximum absolute atomic E-state index is 14.3. The number of para-hydroxylation sites is 1. The van der Waals surface area contributed by atoms with Crippen LogP contribution in [0, 0.1) is 6.92 Å². The van der Waals surface area contributed by atoms with Crippen LogP contribution in [-0.2, 0) is 14.5 Å². The molecule has 3 aliphatic heterocycles. The Morgan fingerprint density at radius 1 is 0.886 bits per heavy atom. The lowest BCUT2D eigenvalue weighted by atomic mass is 9.88. The van der Waals surface area contributed by atoms with Gasteiger partial charge in [0, 0.05) is 16.8 Å². The van der Waals surface area contributed by atoms with Crippen molar-refractivity contribution in [3.05, 3.63) is 89.5 Å². The van der Waals surface area contributed by atoms with Crippen molar-refractivity contribution in [2.24, 2.45) is 0 Å². The summed E-state index contributed by atoms with van der Waals surface area (Å²) in [6.45, 7) is 8.26. The molecule has 2 amide bonds. The molecule has 176 valence electrons. The molecule has 0 aliphatic carbocycles. The molecule has 6 rings (SSSR count). The van der Waals surface area contributed by atoms with E-state index in [0.29, 0.717) is 11.4 Å². The minimum atomic E-state index is -1.12. The van der Waals surface area contributed by atoms with Gasteiger partial charge in [-0.1, -0.05) is 30.3 Å². The van der Waals surface area contributed by atoms with E-state index < -0.39 is 10.4 Å². The minimum absolute atomic E-state index is 0.0615. The van der Waals surface area contributed by atoms with E-state index in [2.05, 4.69) is 39.0 Å². The van der Waals surface area contributed by atoms with Gasteiger partial charge in [0.1, 0.15) is 11.5 Å². The summed E-state index contributed by atoms with van der Waals surface area (Å²) in [7, 11) is 0. The average Bonchev–Trinajstić information content (AvgIpc) is 3.29. The number of carbonyl (C=O) groups excluding carboxylic acids is 2. The summed E-state index contributed by atoms with van der Waals surface area (Å²) in [5.41, 5.74) is 5.32. The van der Waals surface area contributed by atoms with E-state index in [1.165, 1.54) is 11.8 Å². The molecule has 35 heavy (non-hydrogen) atoms. The zero-order chi connectivity index (χ0) is 24.5. The van der Waals surface area contributed by atoms with Gasteiger partial charge in [0.25, 0.3) is 5.91 Å². The number of carbonyl (C=O) groups is 2. The van der Waals surface area contributed by atoms with Gasteiger partial charge in [-0.2, -0.15) is 0 Å². The van der Waals surface area contributed by atoms with Gasteiger partial charge in [-0.15, -0.1) is 11.8 Å². The van der Waals surface area contributed by atoms with Crippen LogP contribution in [0.2, 0.25) is 0 Å². The number of rotatable bonds is 3. The van der Waals surface area contributed by atoms with Crippen LogP contribution in [0.1, 0.15) is 37.5 Å². The highest BCUT2D eigenvalue weighted by molar-refractivity contribution is 8.02. The first-order chi connectivity index (χ1) is 16.7. The van der Waals surface area contributed by atoms with E-state index >= 15 is 0 Å². The number of hydrogen-bond acceptors (Lipinski definition) is 4. The first-order valence-corrected chi connectivity index (χ1v) is 12.7. The summed E-state index contributed by atoms with van der Waals surface area (Å²) >= 11 is 1.42. The molecule has 5 nitrogen and oxygen atoms in total. The zero-order valence-corrected chi connectivity index (χ0v) is 21.0. The fraction of sp³-hybridized carbons (Fsp3) is 0.241. The van der Waals surface area contributed by atoms with Crippen molar-refractivity contribution in [2.45, 2.75) is 38.1 Å². The number of fused-ring (bicyclic) bond motifs is 1. The van der Waals surface area contributed by atoms with Gasteiger partial charge in [0.2, 0.25) is 10.8 Å². The van der Waals surface area contributed by atoms with E-state index in [1.807, 2.05) is 66.4 Å². The maximum atomic E-state index is 14.3. The van der Waals surface area contributed by atoms with Crippen LogP contribution in [0.4, 0.5) is 11.4 Å². The van der Waals surface area contributed by atoms with Gasteiger partial charge in [0.05, 0.1) is 17.0 Å². The summed E-state index contributed by atoms with van der Waals surface area (Å²) in [6.07, 6.45) is 2.15. The highest BCUT2D eigenvalue weighted by atomic mass is 32.2. The molecule has 1 atom stereocenters. The number of aryl methyl sites for hydroxylation is 1. The normalized spacial score (nSPS) is 22.0. The largest absolute Gasteiger partial charge is 0.457 e. The predicted octanol–water partition coefficient (Wildman–Crippen LogP) is 6.26. The van der Waals surface area contributed by atoms with Gasteiger partial charge in [-0.3, -0.25) is 19.4 Å². The maximum Gasteiger partial charge on any atom is 0.269 e. The predicted molar refractivity (Wildman–Crippen MR) is 141 cm³/mol. The zero-order valence-electron chi connectivity index (χ0n) is 20.2. The first kappa shape index (κ1) is 22.0. The molecule has 3 aliphatic rings. The smallest absolute Gasteiger partial charge is 0.269 e. The molecular formula is C29H26N2O3S. The number of allylic oxidation sites excluding steroid dienone is 1. The summed E-state index contributed by atoms with van der Waals surface area (Å²) in [5, 5.41) is 0. The molecule has 3 aromatic carbocycles. The molecule has 6 heteroatoms. The molecule has 0 bridgehead atoms. The van der Waals surface area contributed by atoms with Crippen molar-refractivity contribution >= 4 is 40.5 Å². The van der Waals surface area contributed by atoms with Crippen LogP contribution in [0.3, 0.4) is 0 Å². The van der Waals surface area contributed by atoms with Crippen molar-refractivity contribution in [2.75, 3.05) is 15.6 Å². The van der Waals surface area contributed by atoms with Gasteiger partial charge in [0.15, 0.2) is 0 Å². The number of hydrogen-bond donors (Lipinski definition) is 0. The highest BCUT2D eigenvalue weighted by Crippen LogP contribution is 2.60. The molecule has 1 spiro atoms. The lowest BCUT2D eigenvalue weighted by Crippen LogP contribution is -2.54. The molecular weight excluding hydrogens is 456 g/mol. The lowest BCUT2D eigenvalue weighted by Gasteiger charge is -2.40. The Kier molecular flexibility index (Phi) is 4.71. The van der Waals surface area contributed by atoms with Crippen molar-refractivity contribution in [3.63, 3.8) is 0 Å². The molecule has 1 fully saturated rings. The highest BCUT2D eigenvalue weighted by Gasteiger charge is 2.64. The van der Waals surface area contributed by atoms with Gasteiger partial charge in [-0.05, 0) is 81.3 Å². The molecule has 1 saturated heterocycles. The fourth-order valence-electron chi connectivity index (χ4n) is 5.61. The number of amides is 2. The van der Waals surface area contributed by atoms with Crippen LogP contribution in [-0.4, -0.2) is 23.1 Å². The minimum Gasteiger partial charge on any atom is -0.457 e. The molecule has 3 aromatic rings. The molecule has 0 saturated carbocycles. The van der Waals surface area contributed by atoms with E-state index in [9.17, 15) is 9.59 Å². The Morgan fingerprint density at radius 2 is 1.57 bits per heavy atom. The van der Waals surface area contributed by atoms with E-state index in [4.69, 9.17) is 4.74 Å². The molecule has 3 heterocycles. The third kappa shape index (κ3) is 3.09. The lowest BCUT2D eigenvalue weighted by molar-refractivity contribution is -0.124. The first-order valence-electron chi connectivity index (χ1n) is 11.7. The third-order valence-electron chi connectivity index (χ3n) is 6.95. The molecule has 1 unspecified atom stereocenters. The van der Waals surface area contributed by atoms with Gasteiger partial charge in [-0.25, -0.2) is 0 Å². The standard InChI is InChI=1S/C29H26N2O3S/c1-18-14-23-19(2)16-28(3,4)31-26(23)24(15-18)29(27(31)33)30(25(32)17-35-29)20-10-12-22(13-11-20)34-21-8-6-5-7-9-21/h5-16H,17H2,1-4H3. The number of benzene rings is 3. The van der Waals surface area contributed by atoms with Crippen LogP contribution >= 0.6 is 11.8 Å². The van der Waals surface area contributed by atoms with Crippen molar-refractivity contribution in [3.8, 4) is 11.5 Å². The van der Waals surface area contributed by atoms with Gasteiger partial charge >= 0.3 is 0 Å². The Balaban J connectivity index is 1.47.